The molecule has 2 N–H and O–H groups in total. The topological polar surface area (TPSA) is 94.5 Å². The first-order valence-corrected chi connectivity index (χ1v) is 10.3. The van der Waals surface area contributed by atoms with Crippen LogP contribution in [0.5, 0.6) is 11.5 Å². The van der Waals surface area contributed by atoms with E-state index < -0.39 is 11.9 Å². The highest BCUT2D eigenvalue weighted by atomic mass is 32.2. The highest BCUT2D eigenvalue weighted by molar-refractivity contribution is 7.99. The predicted octanol–water partition coefficient (Wildman–Crippen LogP) is 3.14. The maximum Gasteiger partial charge on any atom is 0.325 e. The summed E-state index contributed by atoms with van der Waals surface area (Å²) in [5.41, 5.74) is 1.65. The number of nitrogens with zero attached hydrogens (tertiary/aromatic N) is 2. The number of imide groups is 1. The fourth-order valence-corrected chi connectivity index (χ4v) is 3.67. The van der Waals surface area contributed by atoms with E-state index in [4.69, 9.17) is 9.47 Å². The Balaban J connectivity index is 1.27. The van der Waals surface area contributed by atoms with Gasteiger partial charge in [0.2, 0.25) is 5.91 Å². The van der Waals surface area contributed by atoms with E-state index in [9.17, 15) is 9.59 Å². The average Bonchev–Trinajstić information content (AvgIpc) is 3.19. The Morgan fingerprint density at radius 2 is 1.87 bits per heavy atom. The fraction of sp³-hybridized carbons (Fsp3) is 0.190. The number of amides is 3. The lowest BCUT2D eigenvalue weighted by atomic mass is 10.2. The third-order valence-electron chi connectivity index (χ3n) is 4.26. The number of hydrogen-bond acceptors (Lipinski definition) is 6. The number of rotatable bonds is 6. The third-order valence-corrected chi connectivity index (χ3v) is 5.26. The van der Waals surface area contributed by atoms with Gasteiger partial charge in [0.05, 0.1) is 5.75 Å². The van der Waals surface area contributed by atoms with Gasteiger partial charge >= 0.3 is 6.03 Å². The van der Waals surface area contributed by atoms with Crippen molar-refractivity contribution >= 4 is 29.4 Å². The van der Waals surface area contributed by atoms with Crippen molar-refractivity contribution < 1.29 is 19.1 Å². The van der Waals surface area contributed by atoms with Crippen molar-refractivity contribution in [2.24, 2.45) is 0 Å². The van der Waals surface area contributed by atoms with E-state index in [1.807, 2.05) is 41.1 Å². The molecular weight excluding hydrogens is 404 g/mol. The van der Waals surface area contributed by atoms with Crippen molar-refractivity contribution in [3.8, 4) is 11.5 Å². The number of imidazole rings is 1. The second-order valence-electron chi connectivity index (χ2n) is 6.47. The first-order valence-electron chi connectivity index (χ1n) is 9.36. The molecule has 2 aromatic carbocycles. The summed E-state index contributed by atoms with van der Waals surface area (Å²) in [5, 5.41) is 5.65. The van der Waals surface area contributed by atoms with E-state index in [0.717, 1.165) is 5.56 Å². The van der Waals surface area contributed by atoms with Crippen LogP contribution in [0.4, 0.5) is 10.5 Å². The molecule has 3 amide bonds. The summed E-state index contributed by atoms with van der Waals surface area (Å²) in [5.74, 6) is 0.849. The Morgan fingerprint density at radius 3 is 2.70 bits per heavy atom. The molecule has 4 rings (SSSR count). The molecule has 1 aromatic heterocycles. The summed E-state index contributed by atoms with van der Waals surface area (Å²) in [4.78, 5) is 28.6. The minimum atomic E-state index is -0.607. The Morgan fingerprint density at radius 1 is 1.07 bits per heavy atom. The molecule has 9 heteroatoms. The smallest absolute Gasteiger partial charge is 0.325 e. The van der Waals surface area contributed by atoms with Gasteiger partial charge in [0.25, 0.3) is 0 Å². The number of urea groups is 1. The van der Waals surface area contributed by atoms with Crippen LogP contribution in [0.3, 0.4) is 0 Å². The summed E-state index contributed by atoms with van der Waals surface area (Å²) < 4.78 is 12.9. The van der Waals surface area contributed by atoms with Crippen molar-refractivity contribution in [2.45, 2.75) is 11.7 Å². The van der Waals surface area contributed by atoms with E-state index in [1.165, 1.54) is 11.8 Å². The van der Waals surface area contributed by atoms with Gasteiger partial charge in [0.1, 0.15) is 13.2 Å². The van der Waals surface area contributed by atoms with Gasteiger partial charge in [-0.15, -0.1) is 0 Å². The molecule has 2 heterocycles. The van der Waals surface area contributed by atoms with Crippen LogP contribution in [-0.4, -0.2) is 40.5 Å². The van der Waals surface area contributed by atoms with Crippen molar-refractivity contribution in [1.29, 1.82) is 0 Å². The molecule has 30 heavy (non-hydrogen) atoms. The summed E-state index contributed by atoms with van der Waals surface area (Å²) in [6.07, 6.45) is 3.56. The molecule has 1 aliphatic rings. The second-order valence-corrected chi connectivity index (χ2v) is 7.42. The van der Waals surface area contributed by atoms with Crippen molar-refractivity contribution in [3.05, 3.63) is 66.5 Å². The molecular formula is C21H20N4O4S. The van der Waals surface area contributed by atoms with Crippen molar-refractivity contribution in [2.75, 3.05) is 24.3 Å². The monoisotopic (exact) mass is 424 g/mol. The Kier molecular flexibility index (Phi) is 6.19. The lowest BCUT2D eigenvalue weighted by Crippen LogP contribution is -2.35. The number of nitrogens with one attached hydrogen (secondary N) is 2. The predicted molar refractivity (Wildman–Crippen MR) is 113 cm³/mol. The van der Waals surface area contributed by atoms with Crippen molar-refractivity contribution in [3.63, 3.8) is 0 Å². The van der Waals surface area contributed by atoms with Gasteiger partial charge in [0.15, 0.2) is 16.7 Å². The lowest BCUT2D eigenvalue weighted by Gasteiger charge is -2.19. The standard InChI is InChI=1S/C21H20N4O4S/c26-19(14-30-21-22-8-9-25(21)13-15-4-2-1-3-5-15)24-20(27)23-16-6-7-17-18(12-16)29-11-10-28-17/h1-9,12H,10-11,13-14H2,(H2,23,24,26,27). The molecule has 0 fully saturated rings. The van der Waals surface area contributed by atoms with E-state index in [-0.39, 0.29) is 5.75 Å². The molecule has 154 valence electrons. The zero-order valence-electron chi connectivity index (χ0n) is 16.0. The Hall–Kier alpha value is -3.46. The molecule has 8 nitrogen and oxygen atoms in total. The largest absolute Gasteiger partial charge is 0.486 e. The first kappa shape index (κ1) is 19.8. The SMILES string of the molecule is O=C(CSc1nccn1Cc1ccccc1)NC(=O)Nc1ccc2c(c1)OCCO2. The third kappa shape index (κ3) is 5.12. The van der Waals surface area contributed by atoms with E-state index in [0.29, 0.717) is 42.1 Å². The van der Waals surface area contributed by atoms with Crippen LogP contribution in [0.2, 0.25) is 0 Å². The summed E-state index contributed by atoms with van der Waals surface area (Å²) in [6, 6.07) is 14.4. The summed E-state index contributed by atoms with van der Waals surface area (Å²) in [6.45, 7) is 1.61. The van der Waals surface area contributed by atoms with Gasteiger partial charge in [-0.3, -0.25) is 10.1 Å². The van der Waals surface area contributed by atoms with E-state index in [2.05, 4.69) is 15.6 Å². The number of anilines is 1. The van der Waals surface area contributed by atoms with Crippen LogP contribution >= 0.6 is 11.8 Å². The molecule has 1 aliphatic heterocycles. The number of hydrogen-bond donors (Lipinski definition) is 2. The molecule has 0 radical (unpaired) electrons. The number of thioether (sulfide) groups is 1. The first-order chi connectivity index (χ1) is 14.7. The Labute approximate surface area is 177 Å². The fourth-order valence-electron chi connectivity index (χ4n) is 2.91. The quantitative estimate of drug-likeness (QED) is 0.591. The van der Waals surface area contributed by atoms with Gasteiger partial charge in [-0.25, -0.2) is 9.78 Å². The number of benzene rings is 2. The number of ether oxygens (including phenoxy) is 2. The van der Waals surface area contributed by atoms with Gasteiger partial charge in [-0.2, -0.15) is 0 Å². The molecule has 0 saturated carbocycles. The number of fused-ring (bicyclic) bond motifs is 1. The zero-order valence-corrected chi connectivity index (χ0v) is 16.9. The van der Waals surface area contributed by atoms with Crippen LogP contribution < -0.4 is 20.1 Å². The van der Waals surface area contributed by atoms with Crippen molar-refractivity contribution in [1.82, 2.24) is 14.9 Å². The minimum absolute atomic E-state index is 0.0698. The van der Waals surface area contributed by atoms with Gasteiger partial charge in [-0.05, 0) is 17.7 Å². The number of carbonyl (C=O) groups excluding carboxylic acids is 2. The number of aromatic nitrogens is 2. The maximum atomic E-state index is 12.2. The molecule has 0 bridgehead atoms. The lowest BCUT2D eigenvalue weighted by molar-refractivity contribution is -0.117. The Bertz CT molecular complexity index is 1040. The molecule has 0 spiro atoms. The molecule has 0 aliphatic carbocycles. The van der Waals surface area contributed by atoms with E-state index in [1.54, 1.807) is 24.4 Å². The van der Waals surface area contributed by atoms with Gasteiger partial charge in [-0.1, -0.05) is 42.1 Å². The van der Waals surface area contributed by atoms with Crippen LogP contribution in [0.25, 0.3) is 0 Å². The molecule has 0 saturated heterocycles. The molecule has 3 aromatic rings. The molecule has 0 atom stereocenters. The number of carbonyl (C=O) groups is 2. The highest BCUT2D eigenvalue weighted by Gasteiger charge is 2.14. The summed E-state index contributed by atoms with van der Waals surface area (Å²) in [7, 11) is 0. The minimum Gasteiger partial charge on any atom is -0.486 e. The zero-order chi connectivity index (χ0) is 20.8. The average molecular weight is 424 g/mol. The maximum absolute atomic E-state index is 12.2. The summed E-state index contributed by atoms with van der Waals surface area (Å²) >= 11 is 1.27. The van der Waals surface area contributed by atoms with Crippen LogP contribution in [0, 0.1) is 0 Å². The normalized spacial score (nSPS) is 12.3. The van der Waals surface area contributed by atoms with Crippen LogP contribution in [0.1, 0.15) is 5.56 Å². The van der Waals surface area contributed by atoms with Crippen LogP contribution in [-0.2, 0) is 11.3 Å². The van der Waals surface area contributed by atoms with Crippen LogP contribution in [0.15, 0.2) is 66.1 Å². The highest BCUT2D eigenvalue weighted by Crippen LogP contribution is 2.32. The van der Waals surface area contributed by atoms with E-state index >= 15 is 0 Å². The van der Waals surface area contributed by atoms with Gasteiger partial charge < -0.3 is 19.4 Å². The molecule has 0 unspecified atom stereocenters. The second kappa shape index (κ2) is 9.36. The van der Waals surface area contributed by atoms with Gasteiger partial charge in [0, 0.05) is 30.7 Å².